The maximum atomic E-state index is 13.2. The standard InChI is InChI=1S/C26H38BrNO6S/c1-13-8-7-9-18-20(33-18)11-19(14(2)10-17-25(27)35-16(4)28-17)34-22(30)12-21(29)26(5,6)24(32)15(3)23(13)31/h10,13,15,18-21,23,29,31H,7-9,11-12H2,1-6H3/b14-10+/t13-,15-,18+,19+,20+,21+,23+/m1/s1. The van der Waals surface area contributed by atoms with Gasteiger partial charge in [-0.1, -0.05) is 34.1 Å². The molecule has 3 heterocycles. The molecule has 196 valence electrons. The zero-order valence-electron chi connectivity index (χ0n) is 21.4. The third kappa shape index (κ3) is 7.01. The summed E-state index contributed by atoms with van der Waals surface area (Å²) >= 11 is 5.08. The number of epoxide rings is 1. The fraction of sp³-hybridized carbons (Fsp3) is 0.731. The number of fused-ring (bicyclic) bond motifs is 1. The van der Waals surface area contributed by atoms with Gasteiger partial charge < -0.3 is 19.7 Å². The minimum absolute atomic E-state index is 0.00763. The van der Waals surface area contributed by atoms with Crippen LogP contribution < -0.4 is 0 Å². The van der Waals surface area contributed by atoms with Crippen LogP contribution in [0.1, 0.15) is 77.4 Å². The van der Waals surface area contributed by atoms with E-state index in [4.69, 9.17) is 9.47 Å². The van der Waals surface area contributed by atoms with Crippen molar-refractivity contribution in [3.05, 3.63) is 20.1 Å². The number of halogens is 1. The average Bonchev–Trinajstić information content (AvgIpc) is 3.44. The van der Waals surface area contributed by atoms with Gasteiger partial charge in [-0.2, -0.15) is 0 Å². The number of aliphatic hydroxyl groups excluding tert-OH is 2. The summed E-state index contributed by atoms with van der Waals surface area (Å²) in [4.78, 5) is 30.6. The number of aryl methyl sites for hydroxylation is 1. The number of hydrogen-bond donors (Lipinski definition) is 2. The Labute approximate surface area is 220 Å². The van der Waals surface area contributed by atoms with Crippen LogP contribution in [0.15, 0.2) is 9.36 Å². The SMILES string of the molecule is C/C(=C\c1nc(C)sc1Br)[C@@H]1C[C@@H]2O[C@H]2CCC[C@@H](C)[C@H](O)[C@@H](C)C(=O)C(C)(C)[C@@H](O)CC(=O)O1. The zero-order chi connectivity index (χ0) is 26.1. The summed E-state index contributed by atoms with van der Waals surface area (Å²) in [6.45, 7) is 10.7. The van der Waals surface area contributed by atoms with E-state index >= 15 is 0 Å². The van der Waals surface area contributed by atoms with Crippen molar-refractivity contribution in [3.63, 3.8) is 0 Å². The number of ketones is 1. The molecule has 3 rings (SSSR count). The number of aliphatic hydroxyl groups is 2. The van der Waals surface area contributed by atoms with Gasteiger partial charge in [-0.3, -0.25) is 9.59 Å². The minimum Gasteiger partial charge on any atom is -0.458 e. The predicted molar refractivity (Wildman–Crippen MR) is 139 cm³/mol. The third-order valence-corrected chi connectivity index (χ3v) is 9.15. The van der Waals surface area contributed by atoms with Gasteiger partial charge in [0.1, 0.15) is 11.9 Å². The maximum Gasteiger partial charge on any atom is 0.309 e. The lowest BCUT2D eigenvalue weighted by atomic mass is 9.73. The zero-order valence-corrected chi connectivity index (χ0v) is 23.8. The molecule has 0 saturated carbocycles. The molecule has 0 radical (unpaired) electrons. The van der Waals surface area contributed by atoms with Gasteiger partial charge in [0.25, 0.3) is 0 Å². The van der Waals surface area contributed by atoms with Gasteiger partial charge >= 0.3 is 5.97 Å². The molecule has 2 fully saturated rings. The van der Waals surface area contributed by atoms with Gasteiger partial charge in [0, 0.05) is 12.3 Å². The summed E-state index contributed by atoms with van der Waals surface area (Å²) < 4.78 is 12.6. The monoisotopic (exact) mass is 571 g/mol. The number of nitrogens with zero attached hydrogens (tertiary/aromatic N) is 1. The van der Waals surface area contributed by atoms with Crippen LogP contribution in [0, 0.1) is 24.2 Å². The van der Waals surface area contributed by atoms with Crippen molar-refractivity contribution in [1.29, 1.82) is 0 Å². The molecule has 1 aromatic heterocycles. The molecule has 0 unspecified atom stereocenters. The lowest BCUT2D eigenvalue weighted by Gasteiger charge is -2.34. The molecule has 2 N–H and O–H groups in total. The molecule has 0 aromatic carbocycles. The highest BCUT2D eigenvalue weighted by Gasteiger charge is 2.44. The first kappa shape index (κ1) is 28.4. The number of carbonyl (C=O) groups is 2. The van der Waals surface area contributed by atoms with Gasteiger partial charge in [-0.05, 0) is 60.2 Å². The first-order chi connectivity index (χ1) is 16.3. The average molecular weight is 573 g/mol. The lowest BCUT2D eigenvalue weighted by molar-refractivity contribution is -0.154. The Hall–Kier alpha value is -1.13. The highest BCUT2D eigenvalue weighted by atomic mass is 79.9. The fourth-order valence-corrected chi connectivity index (χ4v) is 6.34. The summed E-state index contributed by atoms with van der Waals surface area (Å²) in [7, 11) is 0. The number of aromatic nitrogens is 1. The molecule has 7 nitrogen and oxygen atoms in total. The van der Waals surface area contributed by atoms with E-state index < -0.39 is 35.6 Å². The highest BCUT2D eigenvalue weighted by Crippen LogP contribution is 2.37. The summed E-state index contributed by atoms with van der Waals surface area (Å²) in [6.07, 6.45) is 2.16. The van der Waals surface area contributed by atoms with Crippen LogP contribution in [0.3, 0.4) is 0 Å². The van der Waals surface area contributed by atoms with E-state index in [1.807, 2.05) is 26.8 Å². The molecule has 0 bridgehead atoms. The second-order valence-electron chi connectivity index (χ2n) is 10.7. The van der Waals surface area contributed by atoms with Crippen LogP contribution in [0.2, 0.25) is 0 Å². The van der Waals surface area contributed by atoms with Crippen molar-refractivity contribution in [1.82, 2.24) is 4.98 Å². The maximum absolute atomic E-state index is 13.2. The van der Waals surface area contributed by atoms with E-state index in [-0.39, 0.29) is 30.3 Å². The van der Waals surface area contributed by atoms with Gasteiger partial charge in [-0.15, -0.1) is 11.3 Å². The van der Waals surface area contributed by atoms with E-state index in [1.54, 1.807) is 32.1 Å². The molecule has 2 aliphatic heterocycles. The van der Waals surface area contributed by atoms with Crippen molar-refractivity contribution in [2.45, 2.75) is 104 Å². The molecule has 7 atom stereocenters. The number of hydrogen-bond acceptors (Lipinski definition) is 8. The van der Waals surface area contributed by atoms with Crippen molar-refractivity contribution in [2.24, 2.45) is 17.3 Å². The number of esters is 1. The molecule has 0 amide bonds. The van der Waals surface area contributed by atoms with Gasteiger partial charge in [0.2, 0.25) is 0 Å². The largest absolute Gasteiger partial charge is 0.458 e. The first-order valence-electron chi connectivity index (χ1n) is 12.4. The van der Waals surface area contributed by atoms with Crippen LogP contribution in [-0.4, -0.2) is 57.5 Å². The number of thiazole rings is 1. The van der Waals surface area contributed by atoms with Gasteiger partial charge in [0.15, 0.2) is 0 Å². The van der Waals surface area contributed by atoms with E-state index in [9.17, 15) is 19.8 Å². The topological polar surface area (TPSA) is 109 Å². The van der Waals surface area contributed by atoms with E-state index in [0.717, 1.165) is 39.3 Å². The van der Waals surface area contributed by atoms with Gasteiger partial charge in [0.05, 0.1) is 50.7 Å². The Morgan fingerprint density at radius 1 is 1.20 bits per heavy atom. The second-order valence-corrected chi connectivity index (χ2v) is 13.2. The number of cyclic esters (lactones) is 1. The third-order valence-electron chi connectivity index (χ3n) is 7.48. The molecule has 0 aliphatic carbocycles. The van der Waals surface area contributed by atoms with Crippen LogP contribution in [0.25, 0.3) is 6.08 Å². The van der Waals surface area contributed by atoms with E-state index in [2.05, 4.69) is 20.9 Å². The van der Waals surface area contributed by atoms with Crippen molar-refractivity contribution in [2.75, 3.05) is 0 Å². The quantitative estimate of drug-likeness (QED) is 0.385. The molecule has 2 saturated heterocycles. The molecule has 1 aromatic rings. The molecular formula is C26H38BrNO6S. The molecule has 2 aliphatic rings. The molecule has 0 spiro atoms. The molecular weight excluding hydrogens is 534 g/mol. The van der Waals surface area contributed by atoms with Crippen molar-refractivity contribution < 1.29 is 29.3 Å². The number of carbonyl (C=O) groups excluding carboxylic acids is 2. The number of Topliss-reactive ketones (excluding diaryl/α,β-unsaturated/α-hetero) is 1. The van der Waals surface area contributed by atoms with Crippen molar-refractivity contribution >= 4 is 45.1 Å². The number of rotatable bonds is 2. The first-order valence-corrected chi connectivity index (χ1v) is 14.0. The Kier molecular flexibility index (Phi) is 9.35. The van der Waals surface area contributed by atoms with Crippen LogP contribution in [0.5, 0.6) is 0 Å². The predicted octanol–water partition coefficient (Wildman–Crippen LogP) is 4.85. The summed E-state index contributed by atoms with van der Waals surface area (Å²) in [5.74, 6) is -1.54. The van der Waals surface area contributed by atoms with Crippen molar-refractivity contribution in [3.8, 4) is 0 Å². The van der Waals surface area contributed by atoms with Crippen LogP contribution in [0.4, 0.5) is 0 Å². The van der Waals surface area contributed by atoms with Crippen LogP contribution >= 0.6 is 27.3 Å². The van der Waals surface area contributed by atoms with E-state index in [0.29, 0.717) is 6.42 Å². The molecule has 35 heavy (non-hydrogen) atoms. The Bertz CT molecular complexity index is 960. The number of ether oxygens (including phenoxy) is 2. The second kappa shape index (κ2) is 11.5. The lowest BCUT2D eigenvalue weighted by Crippen LogP contribution is -2.45. The Morgan fingerprint density at radius 2 is 1.89 bits per heavy atom. The fourth-order valence-electron chi connectivity index (χ4n) is 4.82. The van der Waals surface area contributed by atoms with E-state index in [1.165, 1.54) is 0 Å². The Balaban J connectivity index is 1.84. The van der Waals surface area contributed by atoms with Crippen LogP contribution in [-0.2, 0) is 19.1 Å². The smallest absolute Gasteiger partial charge is 0.309 e. The summed E-state index contributed by atoms with van der Waals surface area (Å²) in [5.41, 5.74) is 0.425. The van der Waals surface area contributed by atoms with Gasteiger partial charge in [-0.25, -0.2) is 4.98 Å². The minimum atomic E-state index is -1.23. The summed E-state index contributed by atoms with van der Waals surface area (Å²) in [6, 6.07) is 0. The molecule has 9 heteroatoms. The summed E-state index contributed by atoms with van der Waals surface area (Å²) in [5, 5.41) is 22.6. The Morgan fingerprint density at radius 3 is 2.51 bits per heavy atom. The highest BCUT2D eigenvalue weighted by molar-refractivity contribution is 9.11. The normalized spacial score (nSPS) is 35.3.